The molecule has 2 aliphatic rings. The van der Waals surface area contributed by atoms with Crippen molar-refractivity contribution >= 4 is 44.2 Å². The average molecular weight is 508 g/mol. The standard InChI is InChI=1S/C24H22BrN5O3/c1-13-7-19-18(9-17(13)24(32)29-5-4-14-8-16(25)10-26-21(14)29)28-23(31)20-11-27-22(30(19)20)15-3-2-6-33-12-15/h7-11,15H,2-6,12H2,1H3,(H,28,31). The Labute approximate surface area is 197 Å². The van der Waals surface area contributed by atoms with Crippen molar-refractivity contribution in [2.24, 2.45) is 0 Å². The van der Waals surface area contributed by atoms with E-state index in [1.807, 2.05) is 23.5 Å². The number of hydrogen-bond donors (Lipinski definition) is 1. The van der Waals surface area contributed by atoms with Crippen LogP contribution in [0.25, 0.3) is 16.6 Å². The number of hydrogen-bond acceptors (Lipinski definition) is 5. The highest BCUT2D eigenvalue weighted by atomic mass is 79.9. The molecule has 0 saturated carbocycles. The van der Waals surface area contributed by atoms with Gasteiger partial charge in [0.1, 0.15) is 17.2 Å². The third kappa shape index (κ3) is 3.29. The smallest absolute Gasteiger partial charge is 0.274 e. The summed E-state index contributed by atoms with van der Waals surface area (Å²) in [4.78, 5) is 40.1. The molecule has 6 rings (SSSR count). The van der Waals surface area contributed by atoms with Gasteiger partial charge in [-0.15, -0.1) is 0 Å². The number of ether oxygens (including phenoxy) is 1. The molecule has 3 aromatic heterocycles. The van der Waals surface area contributed by atoms with Gasteiger partial charge in [0.2, 0.25) is 0 Å². The van der Waals surface area contributed by atoms with Crippen molar-refractivity contribution in [3.05, 3.63) is 67.9 Å². The zero-order chi connectivity index (χ0) is 22.7. The number of fused-ring (bicyclic) bond motifs is 4. The van der Waals surface area contributed by atoms with Crippen LogP contribution in [0.4, 0.5) is 5.82 Å². The van der Waals surface area contributed by atoms with Crippen molar-refractivity contribution in [3.63, 3.8) is 0 Å². The summed E-state index contributed by atoms with van der Waals surface area (Å²) < 4.78 is 8.50. The van der Waals surface area contributed by atoms with Crippen LogP contribution in [0.2, 0.25) is 0 Å². The summed E-state index contributed by atoms with van der Waals surface area (Å²) in [6.45, 7) is 3.87. The first kappa shape index (κ1) is 20.6. The number of amides is 1. The van der Waals surface area contributed by atoms with Crippen molar-refractivity contribution in [1.82, 2.24) is 19.4 Å². The van der Waals surface area contributed by atoms with E-state index in [-0.39, 0.29) is 17.4 Å². The van der Waals surface area contributed by atoms with Crippen LogP contribution in [0.15, 0.2) is 39.9 Å². The molecule has 1 saturated heterocycles. The lowest BCUT2D eigenvalue weighted by molar-refractivity contribution is 0.0780. The summed E-state index contributed by atoms with van der Waals surface area (Å²) in [5.74, 6) is 1.55. The van der Waals surface area contributed by atoms with Crippen LogP contribution in [0.3, 0.4) is 0 Å². The summed E-state index contributed by atoms with van der Waals surface area (Å²) in [6, 6.07) is 5.75. The van der Waals surface area contributed by atoms with Gasteiger partial charge in [-0.25, -0.2) is 9.97 Å². The molecule has 0 aliphatic carbocycles. The van der Waals surface area contributed by atoms with Gasteiger partial charge in [-0.3, -0.25) is 18.9 Å². The molecular weight excluding hydrogens is 486 g/mol. The number of nitrogens with zero attached hydrogens (tertiary/aromatic N) is 4. The molecule has 9 heteroatoms. The van der Waals surface area contributed by atoms with Crippen LogP contribution in [0.1, 0.15) is 46.1 Å². The minimum Gasteiger partial charge on any atom is -0.381 e. The van der Waals surface area contributed by atoms with Crippen molar-refractivity contribution in [1.29, 1.82) is 0 Å². The van der Waals surface area contributed by atoms with E-state index in [1.165, 1.54) is 0 Å². The third-order valence-corrected chi connectivity index (χ3v) is 7.06. The lowest BCUT2D eigenvalue weighted by Crippen LogP contribution is -2.30. The van der Waals surface area contributed by atoms with E-state index in [4.69, 9.17) is 4.74 Å². The van der Waals surface area contributed by atoms with Crippen molar-refractivity contribution in [2.75, 3.05) is 24.7 Å². The number of aryl methyl sites for hydroxylation is 1. The molecular formula is C24H22BrN5O3. The van der Waals surface area contributed by atoms with E-state index in [0.29, 0.717) is 35.6 Å². The highest BCUT2D eigenvalue weighted by Crippen LogP contribution is 2.31. The maximum absolute atomic E-state index is 13.5. The number of carbonyl (C=O) groups excluding carboxylic acids is 1. The molecule has 1 unspecified atom stereocenters. The monoisotopic (exact) mass is 507 g/mol. The van der Waals surface area contributed by atoms with Crippen molar-refractivity contribution < 1.29 is 9.53 Å². The molecule has 5 heterocycles. The number of anilines is 1. The van der Waals surface area contributed by atoms with Crippen LogP contribution >= 0.6 is 15.9 Å². The summed E-state index contributed by atoms with van der Waals surface area (Å²) in [7, 11) is 0. The fourth-order valence-electron chi connectivity index (χ4n) is 4.99. The Morgan fingerprint density at radius 3 is 2.91 bits per heavy atom. The molecule has 1 N–H and O–H groups in total. The number of halogens is 1. The largest absolute Gasteiger partial charge is 0.381 e. The van der Waals surface area contributed by atoms with E-state index in [2.05, 4.69) is 30.9 Å². The summed E-state index contributed by atoms with van der Waals surface area (Å²) in [5, 5.41) is 0. The zero-order valence-corrected chi connectivity index (χ0v) is 19.7. The second-order valence-electron chi connectivity index (χ2n) is 8.73. The average Bonchev–Trinajstić information content (AvgIpc) is 3.44. The minimum atomic E-state index is -0.224. The fourth-order valence-corrected chi connectivity index (χ4v) is 5.37. The molecule has 1 amide bonds. The highest BCUT2D eigenvalue weighted by molar-refractivity contribution is 9.10. The van der Waals surface area contributed by atoms with Gasteiger partial charge < -0.3 is 9.72 Å². The van der Waals surface area contributed by atoms with Gasteiger partial charge in [-0.05, 0) is 71.4 Å². The number of aromatic amines is 1. The van der Waals surface area contributed by atoms with E-state index in [9.17, 15) is 9.59 Å². The fraction of sp³-hybridized carbons (Fsp3) is 0.333. The molecule has 0 radical (unpaired) electrons. The normalized spacial score (nSPS) is 18.2. The van der Waals surface area contributed by atoms with E-state index in [0.717, 1.165) is 52.8 Å². The first-order chi connectivity index (χ1) is 16.0. The van der Waals surface area contributed by atoms with Gasteiger partial charge in [-0.2, -0.15) is 0 Å². The Balaban J connectivity index is 1.48. The van der Waals surface area contributed by atoms with Crippen LogP contribution in [0.5, 0.6) is 0 Å². The predicted octanol–water partition coefficient (Wildman–Crippen LogP) is 3.74. The number of aromatic nitrogens is 4. The van der Waals surface area contributed by atoms with E-state index in [1.54, 1.807) is 23.4 Å². The lowest BCUT2D eigenvalue weighted by Gasteiger charge is -2.22. The zero-order valence-electron chi connectivity index (χ0n) is 18.1. The molecule has 0 bridgehead atoms. The second kappa shape index (κ2) is 7.78. The van der Waals surface area contributed by atoms with Crippen LogP contribution < -0.4 is 10.5 Å². The summed E-state index contributed by atoms with van der Waals surface area (Å²) >= 11 is 3.45. The number of benzene rings is 1. The number of rotatable bonds is 2. The van der Waals surface area contributed by atoms with Gasteiger partial charge >= 0.3 is 0 Å². The summed E-state index contributed by atoms with van der Waals surface area (Å²) in [6.07, 6.45) is 6.04. The van der Waals surface area contributed by atoms with Gasteiger partial charge in [0.25, 0.3) is 11.5 Å². The lowest BCUT2D eigenvalue weighted by atomic mass is 10.0. The van der Waals surface area contributed by atoms with Gasteiger partial charge in [0.15, 0.2) is 0 Å². The first-order valence-corrected chi connectivity index (χ1v) is 11.9. The van der Waals surface area contributed by atoms with E-state index < -0.39 is 0 Å². The SMILES string of the molecule is Cc1cc2c(cc1C(=O)N1CCc3cc(Br)cnc31)[nH]c(=O)c1cnc(C3CCCOC3)n12. The molecule has 1 atom stereocenters. The number of carbonyl (C=O) groups is 1. The molecule has 1 fully saturated rings. The molecule has 33 heavy (non-hydrogen) atoms. The maximum atomic E-state index is 13.5. The second-order valence-corrected chi connectivity index (χ2v) is 9.65. The third-order valence-electron chi connectivity index (χ3n) is 6.62. The molecule has 0 spiro atoms. The molecule has 1 aromatic carbocycles. The molecule has 8 nitrogen and oxygen atoms in total. The topological polar surface area (TPSA) is 92.6 Å². The van der Waals surface area contributed by atoms with E-state index >= 15 is 0 Å². The van der Waals surface area contributed by atoms with Gasteiger partial charge in [0, 0.05) is 35.3 Å². The minimum absolute atomic E-state index is 0.115. The van der Waals surface area contributed by atoms with Crippen LogP contribution in [-0.4, -0.2) is 45.0 Å². The maximum Gasteiger partial charge on any atom is 0.274 e. The Kier molecular flexibility index (Phi) is 4.84. The predicted molar refractivity (Wildman–Crippen MR) is 128 cm³/mol. The van der Waals surface area contributed by atoms with Crippen LogP contribution in [-0.2, 0) is 11.2 Å². The Bertz CT molecular complexity index is 1490. The highest BCUT2D eigenvalue weighted by Gasteiger charge is 2.29. The van der Waals surface area contributed by atoms with Gasteiger partial charge in [0.05, 0.1) is 23.8 Å². The summed E-state index contributed by atoms with van der Waals surface area (Å²) in [5.41, 5.74) is 4.16. The quantitative estimate of drug-likeness (QED) is 0.446. The molecule has 2 aliphatic heterocycles. The Morgan fingerprint density at radius 2 is 2.09 bits per heavy atom. The number of nitrogens with one attached hydrogen (secondary N) is 1. The Morgan fingerprint density at radius 1 is 1.21 bits per heavy atom. The molecule has 4 aromatic rings. The first-order valence-electron chi connectivity index (χ1n) is 11.1. The van der Waals surface area contributed by atoms with Gasteiger partial charge in [-0.1, -0.05) is 0 Å². The number of imidazole rings is 1. The number of H-pyrrole nitrogens is 1. The Hall–Kier alpha value is -3.04. The molecule has 168 valence electrons. The van der Waals surface area contributed by atoms with Crippen molar-refractivity contribution in [3.8, 4) is 0 Å². The van der Waals surface area contributed by atoms with Crippen molar-refractivity contribution in [2.45, 2.75) is 32.1 Å². The number of pyridine rings is 1. The van der Waals surface area contributed by atoms with Crippen LogP contribution in [0, 0.1) is 6.92 Å².